The van der Waals surface area contributed by atoms with Crippen molar-refractivity contribution >= 4 is 29.3 Å². The first-order chi connectivity index (χ1) is 10.5. The number of hydrogen-bond donors (Lipinski definition) is 1. The van der Waals surface area contributed by atoms with Gasteiger partial charge in [0.15, 0.2) is 0 Å². The van der Waals surface area contributed by atoms with Crippen molar-refractivity contribution in [2.24, 2.45) is 0 Å². The Morgan fingerprint density at radius 1 is 1.18 bits per heavy atom. The summed E-state index contributed by atoms with van der Waals surface area (Å²) in [6.07, 6.45) is 0. The molecule has 2 aromatic rings. The van der Waals surface area contributed by atoms with Crippen LogP contribution in [0.25, 0.3) is 0 Å². The first-order valence-electron chi connectivity index (χ1n) is 7.20. The molecule has 0 aliphatic rings. The molecule has 116 valence electrons. The molecule has 0 aliphatic heterocycles. The molecule has 1 N–H and O–H groups in total. The van der Waals surface area contributed by atoms with E-state index in [9.17, 15) is 4.79 Å². The van der Waals surface area contributed by atoms with E-state index in [2.05, 4.69) is 37.4 Å². The summed E-state index contributed by atoms with van der Waals surface area (Å²) in [5.41, 5.74) is 3.60. The Balaban J connectivity index is 1.89. The molecule has 1 amide bonds. The Kier molecular flexibility index (Phi) is 5.92. The summed E-state index contributed by atoms with van der Waals surface area (Å²) in [5, 5.41) is 3.76. The van der Waals surface area contributed by atoms with Crippen molar-refractivity contribution in [1.29, 1.82) is 0 Å². The number of halogens is 1. The molecule has 22 heavy (non-hydrogen) atoms. The number of nitrogens with one attached hydrogen (secondary N) is 1. The van der Waals surface area contributed by atoms with Crippen LogP contribution in [0.2, 0.25) is 5.02 Å². The minimum atomic E-state index is 0.0129. The third-order valence-electron chi connectivity index (χ3n) is 3.45. The number of aryl methyl sites for hydroxylation is 2. The van der Waals surface area contributed by atoms with Crippen LogP contribution in [-0.4, -0.2) is 11.7 Å². The largest absolute Gasteiger partial charge is 0.349 e. The molecular formula is C18H20ClNOS. The Morgan fingerprint density at radius 2 is 1.86 bits per heavy atom. The number of carbonyl (C=O) groups is 1. The predicted molar refractivity (Wildman–Crippen MR) is 94.6 cm³/mol. The molecule has 0 fully saturated rings. The monoisotopic (exact) mass is 333 g/mol. The smallest absolute Gasteiger partial charge is 0.230 e. The fourth-order valence-corrected chi connectivity index (χ4v) is 3.19. The van der Waals surface area contributed by atoms with Gasteiger partial charge < -0.3 is 5.32 Å². The van der Waals surface area contributed by atoms with Crippen LogP contribution in [0.5, 0.6) is 0 Å². The number of benzene rings is 2. The van der Waals surface area contributed by atoms with Gasteiger partial charge in [-0.3, -0.25) is 4.79 Å². The number of amides is 1. The lowest BCUT2D eigenvalue weighted by Crippen LogP contribution is -2.28. The standard InChI is InChI=1S/C18H20ClNOS/c1-12-4-9-17(13(2)10-12)14(3)20-18(21)11-22-16-7-5-15(19)6-8-16/h4-10,14H,11H2,1-3H3,(H,20,21). The van der Waals surface area contributed by atoms with Gasteiger partial charge in [-0.1, -0.05) is 35.4 Å². The predicted octanol–water partition coefficient (Wildman–Crippen LogP) is 4.93. The molecule has 2 aromatic carbocycles. The lowest BCUT2D eigenvalue weighted by Gasteiger charge is -2.17. The zero-order valence-corrected chi connectivity index (χ0v) is 14.6. The average molecular weight is 334 g/mol. The van der Waals surface area contributed by atoms with E-state index < -0.39 is 0 Å². The zero-order valence-electron chi connectivity index (χ0n) is 13.0. The van der Waals surface area contributed by atoms with Crippen LogP contribution in [0.3, 0.4) is 0 Å². The molecule has 0 bridgehead atoms. The highest BCUT2D eigenvalue weighted by Crippen LogP contribution is 2.21. The summed E-state index contributed by atoms with van der Waals surface area (Å²) in [7, 11) is 0. The molecule has 2 rings (SSSR count). The van der Waals surface area contributed by atoms with Gasteiger partial charge in [0.1, 0.15) is 0 Å². The zero-order chi connectivity index (χ0) is 16.1. The van der Waals surface area contributed by atoms with Gasteiger partial charge >= 0.3 is 0 Å². The van der Waals surface area contributed by atoms with Crippen LogP contribution < -0.4 is 5.32 Å². The lowest BCUT2D eigenvalue weighted by atomic mass is 10.0. The Morgan fingerprint density at radius 3 is 2.50 bits per heavy atom. The SMILES string of the molecule is Cc1ccc(C(C)NC(=O)CSc2ccc(Cl)cc2)c(C)c1. The highest BCUT2D eigenvalue weighted by atomic mass is 35.5. The Labute approximate surface area is 141 Å². The first-order valence-corrected chi connectivity index (χ1v) is 8.57. The van der Waals surface area contributed by atoms with Gasteiger partial charge in [0.2, 0.25) is 5.91 Å². The maximum atomic E-state index is 12.1. The van der Waals surface area contributed by atoms with Crippen molar-refractivity contribution in [2.45, 2.75) is 31.7 Å². The maximum absolute atomic E-state index is 12.1. The number of hydrogen-bond acceptors (Lipinski definition) is 2. The van der Waals surface area contributed by atoms with Crippen LogP contribution in [-0.2, 0) is 4.79 Å². The molecule has 0 spiro atoms. The molecule has 1 atom stereocenters. The Hall–Kier alpha value is -1.45. The van der Waals surface area contributed by atoms with E-state index >= 15 is 0 Å². The van der Waals surface area contributed by atoms with Crippen LogP contribution in [0.4, 0.5) is 0 Å². The fraction of sp³-hybridized carbons (Fsp3) is 0.278. The second-order valence-electron chi connectivity index (χ2n) is 5.39. The van der Waals surface area contributed by atoms with E-state index in [1.54, 1.807) is 0 Å². The molecule has 0 heterocycles. The van der Waals surface area contributed by atoms with E-state index in [4.69, 9.17) is 11.6 Å². The molecule has 4 heteroatoms. The quantitative estimate of drug-likeness (QED) is 0.786. The topological polar surface area (TPSA) is 29.1 Å². The van der Waals surface area contributed by atoms with Gasteiger partial charge in [0.05, 0.1) is 11.8 Å². The number of thioether (sulfide) groups is 1. The summed E-state index contributed by atoms with van der Waals surface area (Å²) in [6, 6.07) is 13.8. The minimum absolute atomic E-state index is 0.0129. The van der Waals surface area contributed by atoms with Crippen molar-refractivity contribution in [3.63, 3.8) is 0 Å². The highest BCUT2D eigenvalue weighted by molar-refractivity contribution is 8.00. The van der Waals surface area contributed by atoms with Crippen molar-refractivity contribution in [3.05, 3.63) is 64.2 Å². The number of rotatable bonds is 5. The fourth-order valence-electron chi connectivity index (χ4n) is 2.35. The second-order valence-corrected chi connectivity index (χ2v) is 6.88. The first kappa shape index (κ1) is 16.9. The van der Waals surface area contributed by atoms with Gasteiger partial charge in [-0.05, 0) is 56.2 Å². The van der Waals surface area contributed by atoms with E-state index in [0.29, 0.717) is 10.8 Å². The molecular weight excluding hydrogens is 314 g/mol. The Bertz CT molecular complexity index is 655. The van der Waals surface area contributed by atoms with Crippen molar-refractivity contribution in [3.8, 4) is 0 Å². The average Bonchev–Trinajstić information content (AvgIpc) is 2.46. The van der Waals surface area contributed by atoms with Crippen molar-refractivity contribution in [2.75, 3.05) is 5.75 Å². The van der Waals surface area contributed by atoms with Gasteiger partial charge in [-0.15, -0.1) is 11.8 Å². The van der Waals surface area contributed by atoms with Crippen molar-refractivity contribution < 1.29 is 4.79 Å². The lowest BCUT2D eigenvalue weighted by molar-refractivity contribution is -0.119. The van der Waals surface area contributed by atoms with Crippen LogP contribution in [0.1, 0.15) is 29.7 Å². The van der Waals surface area contributed by atoms with Crippen molar-refractivity contribution in [1.82, 2.24) is 5.32 Å². The van der Waals surface area contributed by atoms with Gasteiger partial charge in [-0.2, -0.15) is 0 Å². The van der Waals surface area contributed by atoms with Crippen LogP contribution in [0, 0.1) is 13.8 Å². The molecule has 2 nitrogen and oxygen atoms in total. The molecule has 0 radical (unpaired) electrons. The van der Waals surface area contributed by atoms with E-state index in [0.717, 1.165) is 10.5 Å². The summed E-state index contributed by atoms with van der Waals surface area (Å²) in [6.45, 7) is 6.17. The highest BCUT2D eigenvalue weighted by Gasteiger charge is 2.12. The molecule has 1 unspecified atom stereocenters. The maximum Gasteiger partial charge on any atom is 0.230 e. The van der Waals surface area contributed by atoms with E-state index in [1.807, 2.05) is 31.2 Å². The third kappa shape index (κ3) is 4.79. The molecule has 0 saturated heterocycles. The normalized spacial score (nSPS) is 12.0. The molecule has 0 saturated carbocycles. The van der Waals surface area contributed by atoms with Gasteiger partial charge in [0.25, 0.3) is 0 Å². The minimum Gasteiger partial charge on any atom is -0.349 e. The van der Waals surface area contributed by atoms with Gasteiger partial charge in [0, 0.05) is 9.92 Å². The molecule has 0 aliphatic carbocycles. The number of carbonyl (C=O) groups excluding carboxylic acids is 1. The summed E-state index contributed by atoms with van der Waals surface area (Å²) < 4.78 is 0. The summed E-state index contributed by atoms with van der Waals surface area (Å²) in [4.78, 5) is 13.1. The summed E-state index contributed by atoms with van der Waals surface area (Å²) >= 11 is 7.36. The van der Waals surface area contributed by atoms with Gasteiger partial charge in [-0.25, -0.2) is 0 Å². The van der Waals surface area contributed by atoms with Crippen LogP contribution in [0.15, 0.2) is 47.4 Å². The van der Waals surface area contributed by atoms with E-state index in [1.165, 1.54) is 22.9 Å². The second kappa shape index (κ2) is 7.70. The van der Waals surface area contributed by atoms with Crippen LogP contribution >= 0.6 is 23.4 Å². The third-order valence-corrected chi connectivity index (χ3v) is 4.72. The molecule has 0 aromatic heterocycles. The van der Waals surface area contributed by atoms with E-state index in [-0.39, 0.29) is 11.9 Å². The summed E-state index contributed by atoms with van der Waals surface area (Å²) in [5.74, 6) is 0.434.